The number of carbonyl (C=O) groups is 1. The number of hydrogen-bond acceptors (Lipinski definition) is 4. The molecule has 0 saturated carbocycles. The number of nitrogens with zero attached hydrogens (tertiary/aromatic N) is 1. The van der Waals surface area contributed by atoms with Crippen LogP contribution in [0.3, 0.4) is 0 Å². The molecule has 0 bridgehead atoms. The van der Waals surface area contributed by atoms with Crippen LogP contribution in [0, 0.1) is 0 Å². The first kappa shape index (κ1) is 17.5. The van der Waals surface area contributed by atoms with Crippen LogP contribution in [0.1, 0.15) is 10.4 Å². The molecule has 0 fully saturated rings. The molecule has 0 aliphatic carbocycles. The Bertz CT molecular complexity index is 989. The number of hydrogen-bond donors (Lipinski definition) is 0. The third-order valence-corrected chi connectivity index (χ3v) is 4.27. The maximum absolute atomic E-state index is 12.7. The molecule has 132 valence electrons. The molecule has 0 spiro atoms. The maximum Gasteiger partial charge on any atom is 0.343 e. The van der Waals surface area contributed by atoms with Gasteiger partial charge in [0.05, 0.1) is 19.9 Å². The van der Waals surface area contributed by atoms with E-state index in [9.17, 15) is 9.59 Å². The molecule has 0 N–H and O–H groups in total. The normalized spacial score (nSPS) is 10.4. The first-order chi connectivity index (χ1) is 12.6. The van der Waals surface area contributed by atoms with Gasteiger partial charge in [-0.25, -0.2) is 4.79 Å². The fourth-order valence-electron chi connectivity index (χ4n) is 2.93. The van der Waals surface area contributed by atoms with Gasteiger partial charge in [0, 0.05) is 12.6 Å². The quantitative estimate of drug-likeness (QED) is 0.676. The first-order valence-electron chi connectivity index (χ1n) is 8.09. The summed E-state index contributed by atoms with van der Waals surface area (Å²) in [5, 5.41) is 0. The number of carbonyl (C=O) groups excluding carboxylic acids is 1. The minimum atomic E-state index is -0.653. The van der Waals surface area contributed by atoms with Gasteiger partial charge < -0.3 is 14.0 Å². The van der Waals surface area contributed by atoms with Gasteiger partial charge >= 0.3 is 5.97 Å². The number of esters is 1. The van der Waals surface area contributed by atoms with Crippen molar-refractivity contribution in [2.75, 3.05) is 14.2 Å². The minimum Gasteiger partial charge on any atom is -0.497 e. The summed E-state index contributed by atoms with van der Waals surface area (Å²) in [5.74, 6) is 0.0768. The SMILES string of the molecule is COC(=O)c1cc(-c2ccc(OC)cc2)c(-c2ccccc2)n(C)c1=O. The summed E-state index contributed by atoms with van der Waals surface area (Å²) in [6.07, 6.45) is 0. The Hall–Kier alpha value is -3.34. The van der Waals surface area contributed by atoms with Crippen molar-refractivity contribution in [1.82, 2.24) is 4.57 Å². The van der Waals surface area contributed by atoms with Crippen molar-refractivity contribution >= 4 is 5.97 Å². The smallest absolute Gasteiger partial charge is 0.343 e. The lowest BCUT2D eigenvalue weighted by Crippen LogP contribution is -2.26. The highest BCUT2D eigenvalue weighted by atomic mass is 16.5. The average Bonchev–Trinajstić information content (AvgIpc) is 2.70. The van der Waals surface area contributed by atoms with E-state index >= 15 is 0 Å². The van der Waals surface area contributed by atoms with Gasteiger partial charge in [0.25, 0.3) is 5.56 Å². The van der Waals surface area contributed by atoms with Gasteiger partial charge in [-0.15, -0.1) is 0 Å². The summed E-state index contributed by atoms with van der Waals surface area (Å²) in [5.41, 5.74) is 2.85. The molecule has 0 saturated heterocycles. The van der Waals surface area contributed by atoms with E-state index in [1.165, 1.54) is 11.7 Å². The van der Waals surface area contributed by atoms with Gasteiger partial charge in [0.2, 0.25) is 0 Å². The lowest BCUT2D eigenvalue weighted by molar-refractivity contribution is 0.0598. The summed E-state index contributed by atoms with van der Waals surface area (Å²) in [7, 11) is 4.52. The van der Waals surface area contributed by atoms with Crippen LogP contribution in [0.25, 0.3) is 22.4 Å². The molecule has 3 rings (SSSR count). The number of benzene rings is 2. The largest absolute Gasteiger partial charge is 0.497 e. The van der Waals surface area contributed by atoms with Gasteiger partial charge in [-0.05, 0) is 29.3 Å². The predicted octanol–water partition coefficient (Wildman–Crippen LogP) is 3.51. The summed E-state index contributed by atoms with van der Waals surface area (Å²) in [6.45, 7) is 0. The third kappa shape index (κ3) is 3.11. The Morgan fingerprint density at radius 1 is 0.923 bits per heavy atom. The fraction of sp³-hybridized carbons (Fsp3) is 0.143. The Kier molecular flexibility index (Phi) is 4.89. The molecule has 5 heteroatoms. The van der Waals surface area contributed by atoms with Gasteiger partial charge in [-0.3, -0.25) is 4.79 Å². The molecule has 26 heavy (non-hydrogen) atoms. The molecule has 2 aromatic carbocycles. The van der Waals surface area contributed by atoms with Gasteiger partial charge in [0.1, 0.15) is 11.3 Å². The molecular formula is C21H19NO4. The lowest BCUT2D eigenvalue weighted by Gasteiger charge is -2.16. The van der Waals surface area contributed by atoms with Crippen LogP contribution in [-0.2, 0) is 11.8 Å². The molecule has 0 unspecified atom stereocenters. The van der Waals surface area contributed by atoms with Gasteiger partial charge in [-0.1, -0.05) is 42.5 Å². The van der Waals surface area contributed by atoms with Crippen LogP contribution in [-0.4, -0.2) is 24.8 Å². The second-order valence-electron chi connectivity index (χ2n) is 5.77. The van der Waals surface area contributed by atoms with Crippen molar-refractivity contribution in [1.29, 1.82) is 0 Å². The topological polar surface area (TPSA) is 57.5 Å². The molecular weight excluding hydrogens is 330 g/mol. The highest BCUT2D eigenvalue weighted by Crippen LogP contribution is 2.32. The Labute approximate surface area is 151 Å². The molecule has 0 aliphatic heterocycles. The van der Waals surface area contributed by atoms with Crippen LogP contribution in [0.4, 0.5) is 0 Å². The Balaban J connectivity index is 2.33. The molecule has 0 radical (unpaired) electrons. The van der Waals surface area contributed by atoms with Crippen LogP contribution < -0.4 is 10.3 Å². The van der Waals surface area contributed by atoms with Crippen molar-refractivity contribution in [3.8, 4) is 28.1 Å². The monoisotopic (exact) mass is 349 g/mol. The molecule has 0 atom stereocenters. The van der Waals surface area contributed by atoms with E-state index in [-0.39, 0.29) is 5.56 Å². The Morgan fingerprint density at radius 3 is 2.15 bits per heavy atom. The van der Waals surface area contributed by atoms with E-state index in [1.54, 1.807) is 20.2 Å². The molecule has 1 heterocycles. The summed E-state index contributed by atoms with van der Waals surface area (Å²) in [4.78, 5) is 24.8. The Morgan fingerprint density at radius 2 is 1.58 bits per heavy atom. The van der Waals surface area contributed by atoms with E-state index in [2.05, 4.69) is 0 Å². The number of aromatic nitrogens is 1. The zero-order valence-electron chi connectivity index (χ0n) is 14.9. The number of pyridine rings is 1. The van der Waals surface area contributed by atoms with E-state index in [0.717, 1.165) is 28.1 Å². The first-order valence-corrected chi connectivity index (χ1v) is 8.09. The van der Waals surface area contributed by atoms with Crippen molar-refractivity contribution in [3.05, 3.63) is 76.6 Å². The second kappa shape index (κ2) is 7.27. The van der Waals surface area contributed by atoms with Crippen molar-refractivity contribution < 1.29 is 14.3 Å². The van der Waals surface area contributed by atoms with Crippen molar-refractivity contribution in [2.45, 2.75) is 0 Å². The van der Waals surface area contributed by atoms with E-state index < -0.39 is 11.5 Å². The highest BCUT2D eigenvalue weighted by Gasteiger charge is 2.20. The van der Waals surface area contributed by atoms with Gasteiger partial charge in [0.15, 0.2) is 0 Å². The number of ether oxygens (including phenoxy) is 2. The standard InChI is InChI=1S/C21H19NO4/c1-22-19(15-7-5-4-6-8-15)17(13-18(20(22)23)21(24)26-3)14-9-11-16(25-2)12-10-14/h4-13H,1-3H3. The number of methoxy groups -OCH3 is 2. The van der Waals surface area contributed by atoms with E-state index in [1.807, 2.05) is 54.6 Å². The van der Waals surface area contributed by atoms with Crippen LogP contribution in [0.15, 0.2) is 65.5 Å². The van der Waals surface area contributed by atoms with Crippen molar-refractivity contribution in [3.63, 3.8) is 0 Å². The second-order valence-corrected chi connectivity index (χ2v) is 5.77. The minimum absolute atomic E-state index is 0.000462. The molecule has 5 nitrogen and oxygen atoms in total. The van der Waals surface area contributed by atoms with Gasteiger partial charge in [-0.2, -0.15) is 0 Å². The zero-order chi connectivity index (χ0) is 18.7. The predicted molar refractivity (Wildman–Crippen MR) is 100 cm³/mol. The maximum atomic E-state index is 12.7. The molecule has 0 amide bonds. The van der Waals surface area contributed by atoms with Crippen LogP contribution in [0.2, 0.25) is 0 Å². The molecule has 3 aromatic rings. The third-order valence-electron chi connectivity index (χ3n) is 4.27. The van der Waals surface area contributed by atoms with Crippen LogP contribution >= 0.6 is 0 Å². The lowest BCUT2D eigenvalue weighted by atomic mass is 9.97. The average molecular weight is 349 g/mol. The summed E-state index contributed by atoms with van der Waals surface area (Å²) >= 11 is 0. The summed E-state index contributed by atoms with van der Waals surface area (Å²) in [6, 6.07) is 18.7. The fourth-order valence-corrected chi connectivity index (χ4v) is 2.93. The van der Waals surface area contributed by atoms with E-state index in [4.69, 9.17) is 9.47 Å². The highest BCUT2D eigenvalue weighted by molar-refractivity contribution is 5.93. The van der Waals surface area contributed by atoms with E-state index in [0.29, 0.717) is 0 Å². The van der Waals surface area contributed by atoms with Crippen molar-refractivity contribution in [2.24, 2.45) is 7.05 Å². The zero-order valence-corrected chi connectivity index (χ0v) is 14.9. The number of rotatable bonds is 4. The molecule has 1 aromatic heterocycles. The molecule has 0 aliphatic rings. The van der Waals surface area contributed by atoms with Crippen LogP contribution in [0.5, 0.6) is 5.75 Å². The summed E-state index contributed by atoms with van der Waals surface area (Å²) < 4.78 is 11.5.